The maximum atomic E-state index is 12.3. The van der Waals surface area contributed by atoms with Gasteiger partial charge in [-0.3, -0.25) is 0 Å². The fourth-order valence-electron chi connectivity index (χ4n) is 3.79. The second kappa shape index (κ2) is 6.19. The van der Waals surface area contributed by atoms with Crippen LogP contribution in [0.25, 0.3) is 0 Å². The molecule has 3 fully saturated rings. The molecule has 0 aromatic carbocycles. The molecule has 2 heterocycles. The lowest BCUT2D eigenvalue weighted by Gasteiger charge is -2.27. The number of carboxylic acid groups (broad SMARTS) is 1. The van der Waals surface area contributed by atoms with E-state index in [0.717, 1.165) is 19.3 Å². The molecule has 4 unspecified atom stereocenters. The van der Waals surface area contributed by atoms with Crippen LogP contribution in [-0.4, -0.2) is 67.1 Å². The van der Waals surface area contributed by atoms with Gasteiger partial charge in [0.15, 0.2) is 0 Å². The van der Waals surface area contributed by atoms with Gasteiger partial charge in [0.05, 0.1) is 25.9 Å². The minimum atomic E-state index is -0.892. The number of carbonyl (C=O) groups excluding carboxylic acids is 1. The molecule has 21 heavy (non-hydrogen) atoms. The molecule has 0 spiro atoms. The molecule has 0 radical (unpaired) electrons. The molecule has 1 aliphatic carbocycles. The summed E-state index contributed by atoms with van der Waals surface area (Å²) in [6.45, 7) is 2.49. The Bertz CT molecular complexity index is 410. The normalized spacial score (nSPS) is 35.5. The summed E-state index contributed by atoms with van der Waals surface area (Å²) in [7, 11) is 0. The standard InChI is InChI=1S/C14H22N2O5/c17-13(18)12-11-3-1-2-9(11)7-16(12)14(19)15-6-10-8-20-4-5-21-10/h9-12H,1-8H2,(H,15,19)(H,17,18). The van der Waals surface area contributed by atoms with Crippen LogP contribution in [-0.2, 0) is 14.3 Å². The number of hydrogen-bond acceptors (Lipinski definition) is 4. The topological polar surface area (TPSA) is 88.1 Å². The van der Waals surface area contributed by atoms with Crippen LogP contribution in [0.15, 0.2) is 0 Å². The summed E-state index contributed by atoms with van der Waals surface area (Å²) in [6.07, 6.45) is 2.86. The summed E-state index contributed by atoms with van der Waals surface area (Å²) < 4.78 is 10.7. The number of fused-ring (bicyclic) bond motifs is 1. The lowest BCUT2D eigenvalue weighted by Crippen LogP contribution is -2.50. The number of urea groups is 1. The molecule has 1 saturated carbocycles. The number of aliphatic carboxylic acids is 1. The molecule has 0 aromatic rings. The lowest BCUT2D eigenvalue weighted by atomic mass is 9.94. The van der Waals surface area contributed by atoms with Crippen molar-refractivity contribution in [1.29, 1.82) is 0 Å². The number of amides is 2. The molecule has 3 rings (SSSR count). The number of rotatable bonds is 3. The Labute approximate surface area is 123 Å². The molecule has 7 heteroatoms. The largest absolute Gasteiger partial charge is 0.480 e. The predicted octanol–water partition coefficient (Wildman–Crippen LogP) is 0.297. The highest BCUT2D eigenvalue weighted by Gasteiger charge is 2.49. The Morgan fingerprint density at radius 3 is 2.86 bits per heavy atom. The third-order valence-electron chi connectivity index (χ3n) is 4.77. The Morgan fingerprint density at radius 1 is 1.29 bits per heavy atom. The van der Waals surface area contributed by atoms with Crippen molar-refractivity contribution in [3.05, 3.63) is 0 Å². The summed E-state index contributed by atoms with van der Waals surface area (Å²) in [5.41, 5.74) is 0. The minimum absolute atomic E-state index is 0.113. The molecule has 2 N–H and O–H groups in total. The third kappa shape index (κ3) is 2.98. The van der Waals surface area contributed by atoms with Gasteiger partial charge < -0.3 is 24.8 Å². The van der Waals surface area contributed by atoms with E-state index in [-0.39, 0.29) is 18.1 Å². The number of ether oxygens (including phenoxy) is 2. The second-order valence-corrected chi connectivity index (χ2v) is 6.04. The van der Waals surface area contributed by atoms with Gasteiger partial charge in [-0.2, -0.15) is 0 Å². The SMILES string of the molecule is O=C(O)C1C2CCCC2CN1C(=O)NCC1COCCO1. The van der Waals surface area contributed by atoms with Crippen molar-refractivity contribution in [2.75, 3.05) is 32.9 Å². The van der Waals surface area contributed by atoms with Crippen molar-refractivity contribution < 1.29 is 24.2 Å². The monoisotopic (exact) mass is 298 g/mol. The molecule has 0 aromatic heterocycles. The van der Waals surface area contributed by atoms with Gasteiger partial charge in [0.2, 0.25) is 0 Å². The van der Waals surface area contributed by atoms with E-state index in [9.17, 15) is 14.7 Å². The zero-order chi connectivity index (χ0) is 14.8. The summed E-state index contributed by atoms with van der Waals surface area (Å²) in [4.78, 5) is 25.3. The Kier molecular flexibility index (Phi) is 4.30. The van der Waals surface area contributed by atoms with Crippen LogP contribution in [0.4, 0.5) is 4.79 Å². The highest BCUT2D eigenvalue weighted by molar-refractivity contribution is 5.83. The van der Waals surface area contributed by atoms with Gasteiger partial charge in [0.1, 0.15) is 6.04 Å². The zero-order valence-electron chi connectivity index (χ0n) is 12.0. The van der Waals surface area contributed by atoms with Gasteiger partial charge in [-0.1, -0.05) is 6.42 Å². The minimum Gasteiger partial charge on any atom is -0.480 e. The molecular weight excluding hydrogens is 276 g/mol. The van der Waals surface area contributed by atoms with E-state index in [4.69, 9.17) is 9.47 Å². The maximum Gasteiger partial charge on any atom is 0.326 e. The number of carboxylic acids is 1. The zero-order valence-corrected chi connectivity index (χ0v) is 12.0. The molecule has 7 nitrogen and oxygen atoms in total. The lowest BCUT2D eigenvalue weighted by molar-refractivity contribution is -0.142. The average Bonchev–Trinajstić information content (AvgIpc) is 3.05. The van der Waals surface area contributed by atoms with Crippen LogP contribution in [0.3, 0.4) is 0 Å². The molecule has 0 bridgehead atoms. The first-order valence-electron chi connectivity index (χ1n) is 7.63. The van der Waals surface area contributed by atoms with E-state index in [1.807, 2.05) is 0 Å². The van der Waals surface area contributed by atoms with Crippen LogP contribution < -0.4 is 5.32 Å². The van der Waals surface area contributed by atoms with E-state index < -0.39 is 12.0 Å². The predicted molar refractivity (Wildman–Crippen MR) is 72.9 cm³/mol. The van der Waals surface area contributed by atoms with Gasteiger partial charge in [0, 0.05) is 13.1 Å². The quantitative estimate of drug-likeness (QED) is 0.782. The Balaban J connectivity index is 1.57. The number of nitrogens with one attached hydrogen (secondary N) is 1. The van der Waals surface area contributed by atoms with Crippen LogP contribution >= 0.6 is 0 Å². The van der Waals surface area contributed by atoms with Gasteiger partial charge in [-0.05, 0) is 24.7 Å². The molecule has 2 saturated heterocycles. The van der Waals surface area contributed by atoms with E-state index in [2.05, 4.69) is 5.32 Å². The van der Waals surface area contributed by atoms with E-state index in [0.29, 0.717) is 38.8 Å². The maximum absolute atomic E-state index is 12.3. The van der Waals surface area contributed by atoms with Crippen molar-refractivity contribution >= 4 is 12.0 Å². The number of hydrogen-bond donors (Lipinski definition) is 2. The van der Waals surface area contributed by atoms with Crippen molar-refractivity contribution in [2.45, 2.75) is 31.4 Å². The van der Waals surface area contributed by atoms with Crippen LogP contribution in [0.5, 0.6) is 0 Å². The molecule has 4 atom stereocenters. The first-order valence-corrected chi connectivity index (χ1v) is 7.63. The molecular formula is C14H22N2O5. The van der Waals surface area contributed by atoms with Crippen LogP contribution in [0.1, 0.15) is 19.3 Å². The molecule has 118 valence electrons. The van der Waals surface area contributed by atoms with Gasteiger partial charge in [0.25, 0.3) is 0 Å². The Morgan fingerprint density at radius 2 is 2.14 bits per heavy atom. The smallest absolute Gasteiger partial charge is 0.326 e. The molecule has 3 aliphatic rings. The van der Waals surface area contributed by atoms with Gasteiger partial charge >= 0.3 is 12.0 Å². The van der Waals surface area contributed by atoms with Gasteiger partial charge in [-0.25, -0.2) is 9.59 Å². The second-order valence-electron chi connectivity index (χ2n) is 6.04. The summed E-state index contributed by atoms with van der Waals surface area (Å²) in [6, 6.07) is -0.980. The Hall–Kier alpha value is -1.34. The number of nitrogens with zero attached hydrogens (tertiary/aromatic N) is 1. The summed E-state index contributed by atoms with van der Waals surface area (Å²) >= 11 is 0. The van der Waals surface area contributed by atoms with Crippen molar-refractivity contribution in [3.8, 4) is 0 Å². The van der Waals surface area contributed by atoms with Crippen molar-refractivity contribution in [2.24, 2.45) is 11.8 Å². The van der Waals surface area contributed by atoms with E-state index in [1.165, 1.54) is 4.90 Å². The van der Waals surface area contributed by atoms with E-state index >= 15 is 0 Å². The highest BCUT2D eigenvalue weighted by Crippen LogP contribution is 2.42. The molecule has 2 aliphatic heterocycles. The third-order valence-corrected chi connectivity index (χ3v) is 4.77. The summed E-state index contributed by atoms with van der Waals surface area (Å²) in [5.74, 6) is -0.439. The fraction of sp³-hybridized carbons (Fsp3) is 0.857. The van der Waals surface area contributed by atoms with Crippen molar-refractivity contribution in [3.63, 3.8) is 0 Å². The fourth-order valence-corrected chi connectivity index (χ4v) is 3.79. The van der Waals surface area contributed by atoms with Crippen LogP contribution in [0, 0.1) is 11.8 Å². The first kappa shape index (κ1) is 14.6. The number of carbonyl (C=O) groups is 2. The first-order chi connectivity index (χ1) is 10.2. The van der Waals surface area contributed by atoms with Crippen molar-refractivity contribution in [1.82, 2.24) is 10.2 Å². The summed E-state index contributed by atoms with van der Waals surface area (Å²) in [5, 5.41) is 12.2. The highest BCUT2D eigenvalue weighted by atomic mass is 16.6. The average molecular weight is 298 g/mol. The molecule has 2 amide bonds. The number of likely N-dealkylation sites (tertiary alicyclic amines) is 1. The van der Waals surface area contributed by atoms with E-state index in [1.54, 1.807) is 0 Å². The van der Waals surface area contributed by atoms with Gasteiger partial charge in [-0.15, -0.1) is 0 Å². The van der Waals surface area contributed by atoms with Crippen LogP contribution in [0.2, 0.25) is 0 Å².